The van der Waals surface area contributed by atoms with E-state index in [1.807, 2.05) is 0 Å². The van der Waals surface area contributed by atoms with Crippen LogP contribution < -0.4 is 0 Å². The Morgan fingerprint density at radius 1 is 0.833 bits per heavy atom. The second-order valence-corrected chi connectivity index (χ2v) is 10.2. The molecule has 0 atom stereocenters. The van der Waals surface area contributed by atoms with Gasteiger partial charge >= 0.3 is 0 Å². The van der Waals surface area contributed by atoms with Gasteiger partial charge in [-0.1, -0.05) is 32.6 Å². The molecule has 2 saturated heterocycles. The molecule has 2 heterocycles. The summed E-state index contributed by atoms with van der Waals surface area (Å²) in [6.45, 7) is 2.28. The highest BCUT2D eigenvalue weighted by atomic mass is 31.2. The predicted octanol–water partition coefficient (Wildman–Crippen LogP) is 5.38. The fourth-order valence-corrected chi connectivity index (χ4v) is 8.75. The van der Waals surface area contributed by atoms with Crippen LogP contribution in [-0.2, 0) is 0 Å². The van der Waals surface area contributed by atoms with Crippen molar-refractivity contribution in [2.45, 2.75) is 95.3 Å². The zero-order valence-electron chi connectivity index (χ0n) is 12.2. The number of rotatable bonds is 7. The third kappa shape index (κ3) is 3.48. The number of fused-ring (bicyclic) bond motifs is 2. The fourth-order valence-electron chi connectivity index (χ4n) is 4.17. The van der Waals surface area contributed by atoms with Gasteiger partial charge in [0.1, 0.15) is 7.49 Å². The SMILES string of the molecule is CCCCCCCC[P+]1(O)C2CCCC1CCC2. The Hall–Kier alpha value is 0.390. The topological polar surface area (TPSA) is 20.2 Å². The molecule has 2 fully saturated rings. The van der Waals surface area contributed by atoms with Crippen LogP contribution >= 0.6 is 7.49 Å². The molecule has 2 aliphatic heterocycles. The van der Waals surface area contributed by atoms with Crippen LogP contribution in [0.5, 0.6) is 0 Å². The molecule has 0 aromatic carbocycles. The van der Waals surface area contributed by atoms with E-state index >= 15 is 0 Å². The van der Waals surface area contributed by atoms with Crippen molar-refractivity contribution < 1.29 is 4.89 Å². The Bertz CT molecular complexity index is 219. The molecular formula is C16H32OP+. The third-order valence-electron chi connectivity index (χ3n) is 5.28. The van der Waals surface area contributed by atoms with Crippen molar-refractivity contribution in [1.82, 2.24) is 0 Å². The van der Waals surface area contributed by atoms with Gasteiger partial charge in [-0.05, 0) is 51.4 Å². The van der Waals surface area contributed by atoms with Gasteiger partial charge < -0.3 is 0 Å². The van der Waals surface area contributed by atoms with E-state index in [1.54, 1.807) is 0 Å². The van der Waals surface area contributed by atoms with E-state index in [2.05, 4.69) is 6.92 Å². The zero-order chi connectivity index (χ0) is 12.8. The molecule has 0 unspecified atom stereocenters. The second kappa shape index (κ2) is 7.25. The molecule has 0 radical (unpaired) electrons. The fraction of sp³-hybridized carbons (Fsp3) is 1.00. The molecule has 0 saturated carbocycles. The van der Waals surface area contributed by atoms with E-state index in [4.69, 9.17) is 0 Å². The van der Waals surface area contributed by atoms with Gasteiger partial charge in [-0.15, -0.1) is 0 Å². The minimum atomic E-state index is -1.53. The first-order valence-electron chi connectivity index (χ1n) is 8.37. The molecule has 18 heavy (non-hydrogen) atoms. The number of unbranched alkanes of at least 4 members (excludes halogenated alkanes) is 5. The van der Waals surface area contributed by atoms with E-state index < -0.39 is 7.49 Å². The van der Waals surface area contributed by atoms with Crippen molar-refractivity contribution in [1.29, 1.82) is 0 Å². The molecule has 106 valence electrons. The molecule has 0 aromatic heterocycles. The molecular weight excluding hydrogens is 239 g/mol. The van der Waals surface area contributed by atoms with Gasteiger partial charge in [0.25, 0.3) is 0 Å². The summed E-state index contributed by atoms with van der Waals surface area (Å²) in [5, 5.41) is 0. The summed E-state index contributed by atoms with van der Waals surface area (Å²) in [6, 6.07) is 0. The summed E-state index contributed by atoms with van der Waals surface area (Å²) in [5.74, 6) is 0. The average molecular weight is 271 g/mol. The highest BCUT2D eigenvalue weighted by Crippen LogP contribution is 2.72. The zero-order valence-corrected chi connectivity index (χ0v) is 13.1. The smallest absolute Gasteiger partial charge is 0.147 e. The standard InChI is InChI=1S/C16H32OP/c1-2-3-4-5-6-7-14-18(17)15-10-8-11-16(18)13-9-12-15/h15-17H,2-14H2,1H3/q+1. The Kier molecular flexibility index (Phi) is 5.96. The molecule has 2 aliphatic rings. The lowest BCUT2D eigenvalue weighted by molar-refractivity contribution is 0.408. The van der Waals surface area contributed by atoms with Gasteiger partial charge in [0.05, 0.1) is 17.5 Å². The molecule has 0 aliphatic carbocycles. The molecule has 2 bridgehead atoms. The van der Waals surface area contributed by atoms with Crippen LogP contribution in [-0.4, -0.2) is 22.4 Å². The Labute approximate surface area is 114 Å². The van der Waals surface area contributed by atoms with Crippen molar-refractivity contribution in [3.05, 3.63) is 0 Å². The van der Waals surface area contributed by atoms with E-state index in [9.17, 15) is 4.89 Å². The third-order valence-corrected chi connectivity index (χ3v) is 9.88. The largest absolute Gasteiger partial charge is 0.251 e. The lowest BCUT2D eigenvalue weighted by Crippen LogP contribution is -2.34. The average Bonchev–Trinajstić information content (AvgIpc) is 2.33. The first kappa shape index (κ1) is 14.8. The Morgan fingerprint density at radius 3 is 1.89 bits per heavy atom. The second-order valence-electron chi connectivity index (χ2n) is 6.55. The summed E-state index contributed by atoms with van der Waals surface area (Å²) in [4.78, 5) is 11.2. The van der Waals surface area contributed by atoms with Crippen molar-refractivity contribution in [3.8, 4) is 0 Å². The van der Waals surface area contributed by atoms with E-state index in [0.717, 1.165) is 11.3 Å². The molecule has 0 aromatic rings. The lowest BCUT2D eigenvalue weighted by atomic mass is 9.99. The Morgan fingerprint density at radius 2 is 1.33 bits per heavy atom. The van der Waals surface area contributed by atoms with Crippen molar-refractivity contribution in [3.63, 3.8) is 0 Å². The first-order chi connectivity index (χ1) is 8.77. The van der Waals surface area contributed by atoms with Gasteiger partial charge in [-0.3, -0.25) is 4.89 Å². The molecule has 0 amide bonds. The quantitative estimate of drug-likeness (QED) is 0.487. The van der Waals surface area contributed by atoms with Crippen LogP contribution in [0.1, 0.15) is 84.0 Å². The monoisotopic (exact) mass is 271 g/mol. The first-order valence-corrected chi connectivity index (χ1v) is 10.4. The minimum absolute atomic E-state index is 0.751. The highest BCUT2D eigenvalue weighted by Gasteiger charge is 2.54. The predicted molar refractivity (Wildman–Crippen MR) is 82.7 cm³/mol. The van der Waals surface area contributed by atoms with Gasteiger partial charge in [-0.25, -0.2) is 0 Å². The van der Waals surface area contributed by atoms with Gasteiger partial charge in [0.2, 0.25) is 0 Å². The highest BCUT2D eigenvalue weighted by molar-refractivity contribution is 7.71. The van der Waals surface area contributed by atoms with Crippen LogP contribution in [0, 0.1) is 0 Å². The van der Waals surface area contributed by atoms with E-state index in [0.29, 0.717) is 0 Å². The van der Waals surface area contributed by atoms with Gasteiger partial charge in [-0.2, -0.15) is 0 Å². The Balaban J connectivity index is 1.72. The lowest BCUT2D eigenvalue weighted by Gasteiger charge is -2.42. The normalized spacial score (nSPS) is 35.7. The number of hydrogen-bond acceptors (Lipinski definition) is 1. The molecule has 2 rings (SSSR count). The van der Waals surface area contributed by atoms with E-state index in [1.165, 1.54) is 83.2 Å². The summed E-state index contributed by atoms with van der Waals surface area (Å²) in [7, 11) is -1.53. The molecule has 1 N–H and O–H groups in total. The van der Waals surface area contributed by atoms with Crippen LogP contribution in [0.3, 0.4) is 0 Å². The summed E-state index contributed by atoms with van der Waals surface area (Å²) >= 11 is 0. The van der Waals surface area contributed by atoms with Crippen LogP contribution in [0.15, 0.2) is 0 Å². The van der Waals surface area contributed by atoms with Gasteiger partial charge in [0, 0.05) is 0 Å². The van der Waals surface area contributed by atoms with Crippen LogP contribution in [0.25, 0.3) is 0 Å². The maximum atomic E-state index is 11.2. The maximum Gasteiger partial charge on any atom is 0.147 e. The summed E-state index contributed by atoms with van der Waals surface area (Å²) in [5.41, 5.74) is 1.50. The summed E-state index contributed by atoms with van der Waals surface area (Å²) < 4.78 is 0. The van der Waals surface area contributed by atoms with E-state index in [-0.39, 0.29) is 0 Å². The molecule has 0 spiro atoms. The van der Waals surface area contributed by atoms with Crippen LogP contribution in [0.2, 0.25) is 0 Å². The van der Waals surface area contributed by atoms with Crippen molar-refractivity contribution >= 4 is 7.49 Å². The number of hydrogen-bond donors (Lipinski definition) is 1. The molecule has 1 nitrogen and oxygen atoms in total. The van der Waals surface area contributed by atoms with Crippen molar-refractivity contribution in [2.24, 2.45) is 0 Å². The maximum absolute atomic E-state index is 11.2. The molecule has 2 heteroatoms. The van der Waals surface area contributed by atoms with Crippen LogP contribution in [0.4, 0.5) is 0 Å². The summed E-state index contributed by atoms with van der Waals surface area (Å²) in [6.07, 6.45) is 17.6. The minimum Gasteiger partial charge on any atom is -0.251 e. The van der Waals surface area contributed by atoms with Crippen molar-refractivity contribution in [2.75, 3.05) is 6.16 Å². The van der Waals surface area contributed by atoms with Gasteiger partial charge in [0.15, 0.2) is 0 Å².